The summed E-state index contributed by atoms with van der Waals surface area (Å²) in [6.07, 6.45) is 0.746. The molecular weight excluding hydrogens is 348 g/mol. The molecule has 0 N–H and O–H groups in total. The molecule has 0 saturated carbocycles. The van der Waals surface area contributed by atoms with Crippen molar-refractivity contribution in [1.82, 2.24) is 9.55 Å². The van der Waals surface area contributed by atoms with Crippen LogP contribution in [0, 0.1) is 13.8 Å². The summed E-state index contributed by atoms with van der Waals surface area (Å²) in [7, 11) is 0. The molecule has 0 amide bonds. The minimum atomic E-state index is 0.561. The normalized spacial score (nSPS) is 11.2. The maximum Gasteiger partial charge on any atom is 0.115 e. The molecule has 0 atom stereocenters. The smallest absolute Gasteiger partial charge is 0.115 e. The highest BCUT2D eigenvalue weighted by Crippen LogP contribution is 2.28. The highest BCUT2D eigenvalue weighted by atomic mass is 79.9. The highest BCUT2D eigenvalue weighted by Gasteiger charge is 2.14. The molecule has 2 nitrogen and oxygen atoms in total. The molecule has 3 rings (SSSR count). The first-order valence-electron chi connectivity index (χ1n) is 6.90. The predicted octanol–water partition coefficient (Wildman–Crippen LogP) is 5.19. The van der Waals surface area contributed by atoms with Gasteiger partial charge in [0.25, 0.3) is 0 Å². The Balaban J connectivity index is 2.30. The first-order chi connectivity index (χ1) is 10.1. The van der Waals surface area contributed by atoms with Crippen molar-refractivity contribution >= 4 is 38.6 Å². The lowest BCUT2D eigenvalue weighted by Gasteiger charge is -2.11. The molecule has 0 radical (unpaired) electrons. The van der Waals surface area contributed by atoms with Crippen LogP contribution in [-0.2, 0) is 6.42 Å². The quantitative estimate of drug-likeness (QED) is 0.586. The maximum absolute atomic E-state index is 5.95. The summed E-state index contributed by atoms with van der Waals surface area (Å²) in [6.45, 7) is 4.17. The first kappa shape index (κ1) is 14.6. The summed E-state index contributed by atoms with van der Waals surface area (Å²) < 4.78 is 3.26. The van der Waals surface area contributed by atoms with E-state index in [0.717, 1.165) is 33.4 Å². The first-order valence-corrected chi connectivity index (χ1v) is 8.23. The third-order valence-electron chi connectivity index (χ3n) is 3.54. The third-order valence-corrected chi connectivity index (χ3v) is 4.37. The van der Waals surface area contributed by atoms with Gasteiger partial charge in [-0.1, -0.05) is 12.1 Å². The van der Waals surface area contributed by atoms with Crippen molar-refractivity contribution in [3.05, 3.63) is 57.8 Å². The van der Waals surface area contributed by atoms with Crippen LogP contribution in [0.2, 0.25) is 0 Å². The van der Waals surface area contributed by atoms with Crippen LogP contribution in [0.25, 0.3) is 16.7 Å². The second-order valence-corrected chi connectivity index (χ2v) is 6.48. The molecule has 0 bridgehead atoms. The monoisotopic (exact) mass is 362 g/mol. The van der Waals surface area contributed by atoms with E-state index in [1.54, 1.807) is 0 Å². The van der Waals surface area contributed by atoms with E-state index in [-0.39, 0.29) is 0 Å². The van der Waals surface area contributed by atoms with Crippen molar-refractivity contribution in [2.24, 2.45) is 0 Å². The van der Waals surface area contributed by atoms with Crippen LogP contribution in [0.5, 0.6) is 0 Å². The number of hydrogen-bond donors (Lipinski definition) is 0. The van der Waals surface area contributed by atoms with Crippen LogP contribution in [-0.4, -0.2) is 15.4 Å². The van der Waals surface area contributed by atoms with Crippen molar-refractivity contribution in [3.8, 4) is 5.69 Å². The standard InChI is InChI=1S/C17H16BrClN2/c1-11-3-5-15(13(18)9-11)21-16-6-4-12(2)10-14(16)20-17(21)7-8-19/h3-6,9-10H,7-8H2,1-2H3. The molecule has 4 heteroatoms. The lowest BCUT2D eigenvalue weighted by Crippen LogP contribution is -2.03. The number of hydrogen-bond acceptors (Lipinski definition) is 1. The molecule has 108 valence electrons. The van der Waals surface area contributed by atoms with Gasteiger partial charge in [-0.05, 0) is 65.2 Å². The van der Waals surface area contributed by atoms with Crippen molar-refractivity contribution in [2.75, 3.05) is 5.88 Å². The van der Waals surface area contributed by atoms with Crippen molar-refractivity contribution in [1.29, 1.82) is 0 Å². The predicted molar refractivity (Wildman–Crippen MR) is 92.7 cm³/mol. The van der Waals surface area contributed by atoms with E-state index in [2.05, 4.69) is 70.7 Å². The molecule has 0 spiro atoms. The van der Waals surface area contributed by atoms with E-state index in [9.17, 15) is 0 Å². The molecular formula is C17H16BrClN2. The zero-order chi connectivity index (χ0) is 15.0. The fraction of sp³-hybridized carbons (Fsp3) is 0.235. The van der Waals surface area contributed by atoms with Crippen LogP contribution in [0.15, 0.2) is 40.9 Å². The summed E-state index contributed by atoms with van der Waals surface area (Å²) in [5, 5.41) is 0. The second-order valence-electron chi connectivity index (χ2n) is 5.25. The van der Waals surface area contributed by atoms with Crippen molar-refractivity contribution in [2.45, 2.75) is 20.3 Å². The largest absolute Gasteiger partial charge is 0.295 e. The van der Waals surface area contributed by atoms with Gasteiger partial charge in [0.1, 0.15) is 5.82 Å². The molecule has 0 aliphatic heterocycles. The number of fused-ring (bicyclic) bond motifs is 1. The molecule has 0 saturated heterocycles. The Morgan fingerprint density at radius 1 is 1.10 bits per heavy atom. The average Bonchev–Trinajstić information content (AvgIpc) is 2.76. The summed E-state index contributed by atoms with van der Waals surface area (Å²) >= 11 is 9.63. The van der Waals surface area contributed by atoms with Crippen LogP contribution in [0.4, 0.5) is 0 Å². The number of imidazole rings is 1. The molecule has 0 aliphatic rings. The topological polar surface area (TPSA) is 17.8 Å². The third kappa shape index (κ3) is 2.72. The highest BCUT2D eigenvalue weighted by molar-refractivity contribution is 9.10. The Bertz CT molecular complexity index is 808. The minimum Gasteiger partial charge on any atom is -0.295 e. The summed E-state index contributed by atoms with van der Waals surface area (Å²) in [6, 6.07) is 12.7. The summed E-state index contributed by atoms with van der Waals surface area (Å²) in [5.41, 5.74) is 5.68. The number of benzene rings is 2. The Morgan fingerprint density at radius 3 is 2.52 bits per heavy atom. The van der Waals surface area contributed by atoms with Gasteiger partial charge in [-0.15, -0.1) is 11.6 Å². The zero-order valence-corrected chi connectivity index (χ0v) is 14.4. The van der Waals surface area contributed by atoms with Gasteiger partial charge >= 0.3 is 0 Å². The van der Waals surface area contributed by atoms with Crippen molar-refractivity contribution < 1.29 is 0 Å². The van der Waals surface area contributed by atoms with E-state index in [1.807, 2.05) is 0 Å². The van der Waals surface area contributed by atoms with Gasteiger partial charge in [0, 0.05) is 16.8 Å². The maximum atomic E-state index is 5.95. The summed E-state index contributed by atoms with van der Waals surface area (Å²) in [5.74, 6) is 1.56. The molecule has 21 heavy (non-hydrogen) atoms. The van der Waals surface area contributed by atoms with Gasteiger partial charge in [-0.3, -0.25) is 4.57 Å². The average molecular weight is 364 g/mol. The second kappa shape index (κ2) is 5.82. The molecule has 0 fully saturated rings. The van der Waals surface area contributed by atoms with E-state index in [0.29, 0.717) is 5.88 Å². The number of nitrogens with zero attached hydrogens (tertiary/aromatic N) is 2. The molecule has 1 aromatic heterocycles. The molecule has 0 unspecified atom stereocenters. The number of aryl methyl sites for hydroxylation is 3. The van der Waals surface area contributed by atoms with E-state index in [1.165, 1.54) is 11.1 Å². The van der Waals surface area contributed by atoms with E-state index < -0.39 is 0 Å². The van der Waals surface area contributed by atoms with Crippen molar-refractivity contribution in [3.63, 3.8) is 0 Å². The van der Waals surface area contributed by atoms with E-state index in [4.69, 9.17) is 16.6 Å². The van der Waals surface area contributed by atoms with E-state index >= 15 is 0 Å². The van der Waals surface area contributed by atoms with Crippen LogP contribution >= 0.6 is 27.5 Å². The number of rotatable bonds is 3. The minimum absolute atomic E-state index is 0.561. The molecule has 2 aromatic carbocycles. The number of aromatic nitrogens is 2. The molecule has 1 heterocycles. The zero-order valence-electron chi connectivity index (χ0n) is 12.0. The Morgan fingerprint density at radius 2 is 1.81 bits per heavy atom. The molecule has 3 aromatic rings. The lowest BCUT2D eigenvalue weighted by atomic mass is 10.2. The fourth-order valence-electron chi connectivity index (χ4n) is 2.55. The van der Waals surface area contributed by atoms with Gasteiger partial charge in [0.2, 0.25) is 0 Å². The lowest BCUT2D eigenvalue weighted by molar-refractivity contribution is 0.909. The van der Waals surface area contributed by atoms with Crippen LogP contribution < -0.4 is 0 Å². The van der Waals surface area contributed by atoms with Crippen LogP contribution in [0.3, 0.4) is 0 Å². The SMILES string of the molecule is Cc1ccc(-n2c(CCCl)nc3cc(C)ccc32)c(Br)c1. The van der Waals surface area contributed by atoms with Gasteiger partial charge < -0.3 is 0 Å². The number of halogens is 2. The van der Waals surface area contributed by atoms with Gasteiger partial charge in [0.15, 0.2) is 0 Å². The van der Waals surface area contributed by atoms with Gasteiger partial charge in [-0.2, -0.15) is 0 Å². The Kier molecular flexibility index (Phi) is 4.05. The number of alkyl halides is 1. The fourth-order valence-corrected chi connectivity index (χ4v) is 3.39. The Hall–Kier alpha value is -1.32. The summed E-state index contributed by atoms with van der Waals surface area (Å²) in [4.78, 5) is 4.76. The van der Waals surface area contributed by atoms with Gasteiger partial charge in [0.05, 0.1) is 16.7 Å². The van der Waals surface area contributed by atoms with Crippen LogP contribution in [0.1, 0.15) is 17.0 Å². The Labute approximate surface area is 137 Å². The molecule has 0 aliphatic carbocycles. The van der Waals surface area contributed by atoms with Gasteiger partial charge in [-0.25, -0.2) is 4.98 Å².